The van der Waals surface area contributed by atoms with Gasteiger partial charge in [0.1, 0.15) is 12.8 Å². The van der Waals surface area contributed by atoms with Crippen molar-refractivity contribution in [1.82, 2.24) is 4.90 Å². The van der Waals surface area contributed by atoms with Crippen molar-refractivity contribution in [2.75, 3.05) is 34.9 Å². The molecule has 0 unspecified atom stereocenters. The summed E-state index contributed by atoms with van der Waals surface area (Å²) in [7, 11) is 7.44. The van der Waals surface area contributed by atoms with E-state index in [0.717, 1.165) is 17.0 Å². The topological polar surface area (TPSA) is 44.9 Å². The van der Waals surface area contributed by atoms with Gasteiger partial charge in [-0.15, -0.1) is 0 Å². The highest BCUT2D eigenvalue weighted by atomic mass is 16.6. The fourth-order valence-electron chi connectivity index (χ4n) is 1.86. The summed E-state index contributed by atoms with van der Waals surface area (Å²) >= 11 is 0. The standard InChI is InChI=1S/C17H24N2O3/c1-6-22-17(20)13-19(4)12-11-16(18(2)3)14-7-9-15(21-5)10-8-14/h7-13H,6H2,1-5H3/p+1/b17-13-. The highest BCUT2D eigenvalue weighted by molar-refractivity contribution is 5.81. The van der Waals surface area contributed by atoms with Crippen LogP contribution in [0.5, 0.6) is 5.75 Å². The van der Waals surface area contributed by atoms with Crippen LogP contribution in [-0.2, 0) is 4.74 Å². The van der Waals surface area contributed by atoms with E-state index in [1.807, 2.05) is 69.5 Å². The van der Waals surface area contributed by atoms with Crippen molar-refractivity contribution in [1.29, 1.82) is 0 Å². The maximum absolute atomic E-state index is 9.50. The average Bonchev–Trinajstić information content (AvgIpc) is 2.48. The quantitative estimate of drug-likeness (QED) is 0.478. The molecule has 0 aliphatic rings. The van der Waals surface area contributed by atoms with E-state index < -0.39 is 0 Å². The fraction of sp³-hybridized carbons (Fsp3) is 0.353. The smallest absolute Gasteiger partial charge is 0.343 e. The largest absolute Gasteiger partial charge is 0.497 e. The molecule has 0 heterocycles. The molecule has 120 valence electrons. The van der Waals surface area contributed by atoms with E-state index in [0.29, 0.717) is 6.61 Å². The van der Waals surface area contributed by atoms with Crippen LogP contribution in [-0.4, -0.2) is 55.7 Å². The Bertz CT molecular complexity index is 558. The second-order valence-electron chi connectivity index (χ2n) is 4.89. The number of hydrogen-bond donors (Lipinski definition) is 1. The van der Waals surface area contributed by atoms with Gasteiger partial charge in [-0.3, -0.25) is 0 Å². The van der Waals surface area contributed by atoms with Gasteiger partial charge in [0.15, 0.2) is 6.21 Å². The Hall–Kier alpha value is -2.43. The number of ether oxygens (including phenoxy) is 2. The van der Waals surface area contributed by atoms with Crippen molar-refractivity contribution >= 4 is 11.9 Å². The minimum absolute atomic E-state index is 0.106. The van der Waals surface area contributed by atoms with Gasteiger partial charge >= 0.3 is 5.95 Å². The molecule has 1 aromatic carbocycles. The summed E-state index contributed by atoms with van der Waals surface area (Å²) in [5.74, 6) is 0.720. The van der Waals surface area contributed by atoms with Gasteiger partial charge in [0.2, 0.25) is 6.20 Å². The van der Waals surface area contributed by atoms with Crippen molar-refractivity contribution < 1.29 is 19.2 Å². The summed E-state index contributed by atoms with van der Waals surface area (Å²) in [5.41, 5.74) is 2.12. The van der Waals surface area contributed by atoms with Gasteiger partial charge in [-0.05, 0) is 36.8 Å². The van der Waals surface area contributed by atoms with E-state index in [-0.39, 0.29) is 5.95 Å². The zero-order chi connectivity index (χ0) is 16.5. The van der Waals surface area contributed by atoms with E-state index >= 15 is 0 Å². The SMILES string of the molecule is CCO\C(O)=C/[N+](C)=C\C=C(/c1ccc(OC)cc1)N(C)C. The molecule has 22 heavy (non-hydrogen) atoms. The Morgan fingerprint density at radius 2 is 1.91 bits per heavy atom. The Labute approximate surface area is 132 Å². The second kappa shape index (κ2) is 8.77. The van der Waals surface area contributed by atoms with Crippen LogP contribution in [0, 0.1) is 0 Å². The van der Waals surface area contributed by atoms with Crippen molar-refractivity contribution in [3.8, 4) is 5.75 Å². The predicted molar refractivity (Wildman–Crippen MR) is 89.2 cm³/mol. The van der Waals surface area contributed by atoms with Crippen molar-refractivity contribution in [3.63, 3.8) is 0 Å². The summed E-state index contributed by atoms with van der Waals surface area (Å²) in [6, 6.07) is 7.87. The third kappa shape index (κ3) is 5.52. The lowest BCUT2D eigenvalue weighted by Crippen LogP contribution is -2.11. The zero-order valence-corrected chi connectivity index (χ0v) is 13.9. The molecule has 0 saturated heterocycles. The van der Waals surface area contributed by atoms with Crippen LogP contribution in [0.25, 0.3) is 5.70 Å². The first-order valence-electron chi connectivity index (χ1n) is 7.10. The minimum Gasteiger partial charge on any atom is -0.497 e. The van der Waals surface area contributed by atoms with Crippen molar-refractivity contribution in [2.45, 2.75) is 6.92 Å². The number of hydrogen-bond acceptors (Lipinski definition) is 4. The first kappa shape index (κ1) is 17.6. The number of rotatable bonds is 7. The molecule has 5 nitrogen and oxygen atoms in total. The van der Waals surface area contributed by atoms with E-state index in [4.69, 9.17) is 9.47 Å². The summed E-state index contributed by atoms with van der Waals surface area (Å²) in [5, 5.41) is 9.50. The van der Waals surface area contributed by atoms with Gasteiger partial charge in [-0.2, -0.15) is 0 Å². The van der Waals surface area contributed by atoms with Crippen LogP contribution >= 0.6 is 0 Å². The lowest BCUT2D eigenvalue weighted by molar-refractivity contribution is -0.420. The van der Waals surface area contributed by atoms with E-state index in [9.17, 15) is 5.11 Å². The molecule has 0 radical (unpaired) electrons. The van der Waals surface area contributed by atoms with Gasteiger partial charge in [0.25, 0.3) is 0 Å². The molecule has 0 bridgehead atoms. The Balaban J connectivity index is 3.01. The zero-order valence-electron chi connectivity index (χ0n) is 13.9. The molecular weight excluding hydrogens is 280 g/mol. The van der Waals surface area contributed by atoms with Crippen LogP contribution in [0.4, 0.5) is 0 Å². The molecule has 5 heteroatoms. The molecule has 1 rings (SSSR count). The van der Waals surface area contributed by atoms with Gasteiger partial charge in [0, 0.05) is 25.9 Å². The van der Waals surface area contributed by atoms with Gasteiger partial charge in [0.05, 0.1) is 13.7 Å². The molecule has 0 fully saturated rings. The third-order valence-corrected chi connectivity index (χ3v) is 2.94. The first-order valence-corrected chi connectivity index (χ1v) is 7.10. The molecule has 0 aliphatic heterocycles. The Morgan fingerprint density at radius 1 is 1.27 bits per heavy atom. The molecular formula is C17H25N2O3+. The van der Waals surface area contributed by atoms with E-state index in [2.05, 4.69) is 0 Å². The van der Waals surface area contributed by atoms with Gasteiger partial charge in [-0.25, -0.2) is 4.58 Å². The fourth-order valence-corrected chi connectivity index (χ4v) is 1.86. The van der Waals surface area contributed by atoms with Crippen molar-refractivity contribution in [2.24, 2.45) is 0 Å². The van der Waals surface area contributed by atoms with Gasteiger partial charge in [-0.1, -0.05) is 0 Å². The Kier molecular flexibility index (Phi) is 7.02. The summed E-state index contributed by atoms with van der Waals surface area (Å²) in [4.78, 5) is 2.03. The predicted octanol–water partition coefficient (Wildman–Crippen LogP) is 2.70. The number of aliphatic hydroxyl groups is 1. The number of allylic oxidation sites excluding steroid dienone is 1. The molecule has 0 aliphatic carbocycles. The first-order chi connectivity index (χ1) is 10.5. The maximum Gasteiger partial charge on any atom is 0.343 e. The molecule has 0 aromatic heterocycles. The van der Waals surface area contributed by atoms with Crippen LogP contribution < -0.4 is 4.74 Å². The lowest BCUT2D eigenvalue weighted by Gasteiger charge is -2.16. The van der Waals surface area contributed by atoms with Gasteiger partial charge < -0.3 is 19.5 Å². The molecule has 0 atom stereocenters. The molecule has 0 amide bonds. The molecule has 0 saturated carbocycles. The van der Waals surface area contributed by atoms with E-state index in [1.165, 1.54) is 6.20 Å². The van der Waals surface area contributed by atoms with Crippen LogP contribution in [0.15, 0.2) is 42.5 Å². The average molecular weight is 305 g/mol. The molecule has 1 aromatic rings. The third-order valence-electron chi connectivity index (χ3n) is 2.94. The lowest BCUT2D eigenvalue weighted by atomic mass is 10.1. The minimum atomic E-state index is -0.106. The summed E-state index contributed by atoms with van der Waals surface area (Å²) < 4.78 is 11.9. The monoisotopic (exact) mass is 305 g/mol. The highest BCUT2D eigenvalue weighted by Crippen LogP contribution is 2.19. The van der Waals surface area contributed by atoms with Crippen LogP contribution in [0.2, 0.25) is 0 Å². The Morgan fingerprint density at radius 3 is 2.41 bits per heavy atom. The number of methoxy groups -OCH3 is 1. The van der Waals surface area contributed by atoms with Crippen molar-refractivity contribution in [3.05, 3.63) is 48.1 Å². The number of nitrogens with zero attached hydrogens (tertiary/aromatic N) is 2. The summed E-state index contributed by atoms with van der Waals surface area (Å²) in [6.45, 7) is 2.25. The second-order valence-corrected chi connectivity index (χ2v) is 4.89. The number of benzene rings is 1. The maximum atomic E-state index is 9.50. The highest BCUT2D eigenvalue weighted by Gasteiger charge is 2.05. The van der Waals surface area contributed by atoms with Crippen LogP contribution in [0.3, 0.4) is 0 Å². The number of aliphatic hydroxyl groups excluding tert-OH is 1. The van der Waals surface area contributed by atoms with Crippen LogP contribution in [0.1, 0.15) is 12.5 Å². The molecule has 1 N–H and O–H groups in total. The van der Waals surface area contributed by atoms with E-state index in [1.54, 1.807) is 11.7 Å². The summed E-state index contributed by atoms with van der Waals surface area (Å²) in [6.07, 6.45) is 5.34. The molecule has 0 spiro atoms. The normalized spacial score (nSPS) is 13.0.